The molecule has 8 nitrogen and oxygen atoms in total. The Labute approximate surface area is 181 Å². The predicted molar refractivity (Wildman–Crippen MR) is 114 cm³/mol. The molecule has 0 radical (unpaired) electrons. The Morgan fingerprint density at radius 1 is 1.23 bits per heavy atom. The van der Waals surface area contributed by atoms with Gasteiger partial charge in [-0.2, -0.15) is 0 Å². The Morgan fingerprint density at radius 3 is 2.48 bits per heavy atom. The van der Waals surface area contributed by atoms with Gasteiger partial charge in [-0.05, 0) is 51.8 Å². The maximum absolute atomic E-state index is 14.0. The van der Waals surface area contributed by atoms with Gasteiger partial charge < -0.3 is 19.3 Å². The van der Waals surface area contributed by atoms with Gasteiger partial charge in [0.05, 0.1) is 12.8 Å². The van der Waals surface area contributed by atoms with Gasteiger partial charge in [-0.3, -0.25) is 4.57 Å². The molecule has 0 unspecified atom stereocenters. The van der Waals surface area contributed by atoms with Crippen molar-refractivity contribution < 1.29 is 23.5 Å². The number of aromatic nitrogens is 2. The number of halogens is 1. The van der Waals surface area contributed by atoms with Crippen LogP contribution in [-0.2, 0) is 4.74 Å². The first-order valence-electron chi connectivity index (χ1n) is 10.2. The van der Waals surface area contributed by atoms with Crippen molar-refractivity contribution in [1.82, 2.24) is 19.4 Å². The molecule has 0 spiro atoms. The monoisotopic (exact) mass is 432 g/mol. The molecule has 1 saturated heterocycles. The Bertz CT molecular complexity index is 945. The molecule has 31 heavy (non-hydrogen) atoms. The number of imidazole rings is 1. The summed E-state index contributed by atoms with van der Waals surface area (Å²) in [7, 11) is 3.14. The number of nitrogens with zero attached hydrogens (tertiary/aromatic N) is 4. The second-order valence-corrected chi connectivity index (χ2v) is 8.61. The Balaban J connectivity index is 1.61. The van der Waals surface area contributed by atoms with Crippen molar-refractivity contribution in [2.24, 2.45) is 0 Å². The first-order valence-corrected chi connectivity index (χ1v) is 10.2. The molecular weight excluding hydrogens is 403 g/mol. The predicted octanol–water partition coefficient (Wildman–Crippen LogP) is 4.00. The summed E-state index contributed by atoms with van der Waals surface area (Å²) in [5.41, 5.74) is 0.508. The fourth-order valence-corrected chi connectivity index (χ4v) is 3.50. The number of carbonyl (C=O) groups excluding carboxylic acids is 2. The van der Waals surface area contributed by atoms with Gasteiger partial charge in [0, 0.05) is 37.9 Å². The van der Waals surface area contributed by atoms with Crippen LogP contribution in [0.2, 0.25) is 0 Å². The van der Waals surface area contributed by atoms with Crippen LogP contribution in [0.1, 0.15) is 33.6 Å². The Morgan fingerprint density at radius 2 is 1.90 bits per heavy atom. The van der Waals surface area contributed by atoms with E-state index in [4.69, 9.17) is 9.47 Å². The number of piperidine rings is 1. The van der Waals surface area contributed by atoms with Crippen LogP contribution in [0.15, 0.2) is 30.7 Å². The van der Waals surface area contributed by atoms with Crippen LogP contribution in [0.3, 0.4) is 0 Å². The van der Waals surface area contributed by atoms with Gasteiger partial charge >= 0.3 is 12.1 Å². The number of likely N-dealkylation sites (tertiary alicyclic amines) is 1. The molecule has 1 aliphatic heterocycles. The van der Waals surface area contributed by atoms with E-state index in [0.29, 0.717) is 37.2 Å². The average molecular weight is 432 g/mol. The lowest BCUT2D eigenvalue weighted by molar-refractivity contribution is 0.0172. The van der Waals surface area contributed by atoms with E-state index in [-0.39, 0.29) is 23.9 Å². The van der Waals surface area contributed by atoms with Gasteiger partial charge in [0.25, 0.3) is 0 Å². The van der Waals surface area contributed by atoms with Crippen LogP contribution in [0, 0.1) is 5.82 Å². The highest BCUT2D eigenvalue weighted by Gasteiger charge is 2.30. The van der Waals surface area contributed by atoms with Crippen LogP contribution < -0.4 is 4.74 Å². The van der Waals surface area contributed by atoms with Crippen molar-refractivity contribution in [3.8, 4) is 17.0 Å². The van der Waals surface area contributed by atoms with Gasteiger partial charge in [0.2, 0.25) is 0 Å². The standard InChI is InChI=1S/C22H29FN4O4/c1-22(2,3)31-21(29)26-10-8-16(9-11-26)25(4)20(28)27-13-18(24-14-27)15-6-7-19(30-5)17(23)12-15/h6-7,12-14,16H,8-11H2,1-5H3. The largest absolute Gasteiger partial charge is 0.494 e. The number of benzene rings is 1. The molecule has 2 heterocycles. The number of ether oxygens (including phenoxy) is 2. The lowest BCUT2D eigenvalue weighted by atomic mass is 10.0. The zero-order valence-corrected chi connectivity index (χ0v) is 18.6. The number of methoxy groups -OCH3 is 1. The van der Waals surface area contributed by atoms with Crippen molar-refractivity contribution in [2.45, 2.75) is 45.3 Å². The summed E-state index contributed by atoms with van der Waals surface area (Å²) in [5, 5.41) is 0. The number of carbonyl (C=O) groups is 2. The van der Waals surface area contributed by atoms with Crippen molar-refractivity contribution >= 4 is 12.1 Å². The Hall–Kier alpha value is -3.10. The molecule has 1 aromatic carbocycles. The van der Waals surface area contributed by atoms with Crippen molar-refractivity contribution in [3.63, 3.8) is 0 Å². The first-order chi connectivity index (χ1) is 14.6. The maximum Gasteiger partial charge on any atom is 0.410 e. The van der Waals surface area contributed by atoms with E-state index >= 15 is 0 Å². The highest BCUT2D eigenvalue weighted by atomic mass is 19.1. The molecule has 2 aromatic rings. The fourth-order valence-electron chi connectivity index (χ4n) is 3.50. The van der Waals surface area contributed by atoms with E-state index in [2.05, 4.69) is 4.98 Å². The van der Waals surface area contributed by atoms with Crippen LogP contribution in [0.25, 0.3) is 11.3 Å². The SMILES string of the molecule is COc1ccc(-c2cn(C(=O)N(C)C3CCN(C(=O)OC(C)(C)C)CC3)cn2)cc1F. The lowest BCUT2D eigenvalue weighted by Crippen LogP contribution is -2.49. The van der Waals surface area contributed by atoms with Crippen LogP contribution in [0.4, 0.5) is 14.0 Å². The molecule has 168 valence electrons. The third kappa shape index (κ3) is 5.34. The van der Waals surface area contributed by atoms with Crippen LogP contribution >= 0.6 is 0 Å². The average Bonchev–Trinajstić information content (AvgIpc) is 3.21. The van der Waals surface area contributed by atoms with Crippen molar-refractivity contribution in [3.05, 3.63) is 36.5 Å². The Kier molecular flexibility index (Phi) is 6.52. The summed E-state index contributed by atoms with van der Waals surface area (Å²) in [6, 6.07) is 4.30. The smallest absolute Gasteiger partial charge is 0.410 e. The van der Waals surface area contributed by atoms with E-state index in [9.17, 15) is 14.0 Å². The van der Waals surface area contributed by atoms with Crippen LogP contribution in [0.5, 0.6) is 5.75 Å². The number of amides is 2. The van der Waals surface area contributed by atoms with Crippen molar-refractivity contribution in [1.29, 1.82) is 0 Å². The fraction of sp³-hybridized carbons (Fsp3) is 0.500. The molecule has 0 N–H and O–H groups in total. The maximum atomic E-state index is 14.0. The zero-order chi connectivity index (χ0) is 22.8. The summed E-state index contributed by atoms with van der Waals surface area (Å²) in [4.78, 5) is 32.7. The molecule has 2 amide bonds. The van der Waals surface area contributed by atoms with Crippen molar-refractivity contribution in [2.75, 3.05) is 27.2 Å². The topological polar surface area (TPSA) is 76.9 Å². The minimum atomic E-state index is -0.535. The number of hydrogen-bond acceptors (Lipinski definition) is 5. The molecule has 9 heteroatoms. The van der Waals surface area contributed by atoms with Crippen LogP contribution in [-0.4, -0.2) is 70.4 Å². The van der Waals surface area contributed by atoms with E-state index in [1.165, 1.54) is 30.1 Å². The molecule has 0 atom stereocenters. The molecule has 0 aliphatic carbocycles. The normalized spacial score (nSPS) is 15.0. The number of rotatable bonds is 3. The minimum absolute atomic E-state index is 0.00420. The summed E-state index contributed by atoms with van der Waals surface area (Å²) in [6.45, 7) is 6.56. The van der Waals surface area contributed by atoms with E-state index in [0.717, 1.165) is 0 Å². The first kappa shape index (κ1) is 22.6. The molecule has 1 aliphatic rings. The molecule has 1 fully saturated rings. The third-order valence-electron chi connectivity index (χ3n) is 5.22. The van der Waals surface area contributed by atoms with E-state index < -0.39 is 11.4 Å². The second-order valence-electron chi connectivity index (χ2n) is 8.61. The van der Waals surface area contributed by atoms with Gasteiger partial charge in [-0.25, -0.2) is 19.0 Å². The van der Waals surface area contributed by atoms with E-state index in [1.54, 1.807) is 29.1 Å². The molecule has 0 saturated carbocycles. The molecular formula is C22H29FN4O4. The molecule has 1 aromatic heterocycles. The summed E-state index contributed by atoms with van der Waals surface area (Å²) < 4.78 is 25.7. The second kappa shape index (κ2) is 8.95. The zero-order valence-electron chi connectivity index (χ0n) is 18.6. The lowest BCUT2D eigenvalue weighted by Gasteiger charge is -2.37. The highest BCUT2D eigenvalue weighted by Crippen LogP contribution is 2.25. The van der Waals surface area contributed by atoms with E-state index in [1.807, 2.05) is 20.8 Å². The van der Waals surface area contributed by atoms with Gasteiger partial charge in [0.15, 0.2) is 11.6 Å². The van der Waals surface area contributed by atoms with Gasteiger partial charge in [-0.1, -0.05) is 0 Å². The van der Waals surface area contributed by atoms with Gasteiger partial charge in [-0.15, -0.1) is 0 Å². The van der Waals surface area contributed by atoms with Gasteiger partial charge in [0.1, 0.15) is 11.9 Å². The molecule has 0 bridgehead atoms. The molecule has 3 rings (SSSR count). The number of hydrogen-bond donors (Lipinski definition) is 0. The minimum Gasteiger partial charge on any atom is -0.494 e. The summed E-state index contributed by atoms with van der Waals surface area (Å²) in [5.74, 6) is -0.341. The summed E-state index contributed by atoms with van der Waals surface area (Å²) in [6.07, 6.45) is 3.99. The third-order valence-corrected chi connectivity index (χ3v) is 5.22. The summed E-state index contributed by atoms with van der Waals surface area (Å²) >= 11 is 0. The highest BCUT2D eigenvalue weighted by molar-refractivity contribution is 5.78. The quantitative estimate of drug-likeness (QED) is 0.733.